The predicted molar refractivity (Wildman–Crippen MR) is 106 cm³/mol. The maximum Gasteiger partial charge on any atom is 0.203 e. The third-order valence-corrected chi connectivity index (χ3v) is 5.92. The average molecular weight is 397 g/mol. The Bertz CT molecular complexity index is 730. The molecule has 1 atom stereocenters. The molecule has 1 aliphatic rings. The molecule has 1 aromatic heterocycles. The molecule has 1 N–H and O–H groups in total. The smallest absolute Gasteiger partial charge is 0.203 e. The Morgan fingerprint density at radius 1 is 1.00 bits per heavy atom. The van der Waals surface area contributed by atoms with Crippen LogP contribution in [0.1, 0.15) is 22.9 Å². The molecule has 1 fully saturated rings. The molecule has 1 aromatic carbocycles. The van der Waals surface area contributed by atoms with Crippen LogP contribution in [-0.2, 0) is 0 Å². The first kappa shape index (κ1) is 19.3. The maximum absolute atomic E-state index is 6.25. The molecular weight excluding hydrogens is 372 g/mol. The van der Waals surface area contributed by atoms with Crippen LogP contribution in [0.4, 0.5) is 0 Å². The van der Waals surface area contributed by atoms with Crippen LogP contribution < -0.4 is 19.5 Å². The predicted octanol–water partition coefficient (Wildman–Crippen LogP) is 3.81. The molecule has 1 aliphatic heterocycles. The topological polar surface area (TPSA) is 43.0 Å². The van der Waals surface area contributed by atoms with Gasteiger partial charge in [-0.05, 0) is 37.2 Å². The van der Waals surface area contributed by atoms with Gasteiger partial charge in [0.15, 0.2) is 11.5 Å². The van der Waals surface area contributed by atoms with E-state index in [1.165, 1.54) is 4.88 Å². The molecule has 7 heteroatoms. The van der Waals surface area contributed by atoms with Crippen molar-refractivity contribution in [1.29, 1.82) is 0 Å². The minimum absolute atomic E-state index is 0.0576. The van der Waals surface area contributed by atoms with Gasteiger partial charge in [-0.25, -0.2) is 0 Å². The van der Waals surface area contributed by atoms with E-state index in [1.807, 2.05) is 12.1 Å². The van der Waals surface area contributed by atoms with Crippen molar-refractivity contribution < 1.29 is 14.2 Å². The van der Waals surface area contributed by atoms with Crippen molar-refractivity contribution in [2.75, 3.05) is 47.5 Å². The summed E-state index contributed by atoms with van der Waals surface area (Å²) in [6, 6.07) is 8.12. The standard InChI is InChI=1S/C19H25ClN2O3S/c1-23-14-6-5-13(18(24-2)19(14)25-3)17(15-7-8-16(20)26-15)22-11-4-9-21-10-12-22/h5-8,17,21H,4,9-12H2,1-3H3. The number of rotatable bonds is 6. The molecule has 2 heterocycles. The lowest BCUT2D eigenvalue weighted by atomic mass is 10.0. The number of hydrogen-bond acceptors (Lipinski definition) is 6. The minimum Gasteiger partial charge on any atom is -0.493 e. The SMILES string of the molecule is COc1ccc(C(c2ccc(Cl)s2)N2CCCNCC2)c(OC)c1OC. The van der Waals surface area contributed by atoms with E-state index in [-0.39, 0.29) is 6.04 Å². The lowest BCUT2D eigenvalue weighted by Gasteiger charge is -2.31. The first-order valence-electron chi connectivity index (χ1n) is 8.68. The van der Waals surface area contributed by atoms with Gasteiger partial charge in [0.2, 0.25) is 5.75 Å². The summed E-state index contributed by atoms with van der Waals surface area (Å²) in [6.45, 7) is 3.96. The monoisotopic (exact) mass is 396 g/mol. The van der Waals surface area contributed by atoms with E-state index in [0.717, 1.165) is 42.5 Å². The Morgan fingerprint density at radius 3 is 2.46 bits per heavy atom. The fourth-order valence-electron chi connectivity index (χ4n) is 3.47. The van der Waals surface area contributed by atoms with E-state index in [4.69, 9.17) is 25.8 Å². The van der Waals surface area contributed by atoms with E-state index < -0.39 is 0 Å². The quantitative estimate of drug-likeness (QED) is 0.804. The van der Waals surface area contributed by atoms with Crippen molar-refractivity contribution in [3.05, 3.63) is 39.0 Å². The molecule has 26 heavy (non-hydrogen) atoms. The van der Waals surface area contributed by atoms with Gasteiger partial charge in [-0.15, -0.1) is 11.3 Å². The van der Waals surface area contributed by atoms with Gasteiger partial charge < -0.3 is 19.5 Å². The zero-order chi connectivity index (χ0) is 18.5. The molecule has 0 bridgehead atoms. The summed E-state index contributed by atoms with van der Waals surface area (Å²) in [7, 11) is 4.94. The summed E-state index contributed by atoms with van der Waals surface area (Å²) in [6.07, 6.45) is 1.10. The number of halogens is 1. The summed E-state index contributed by atoms with van der Waals surface area (Å²) in [5.41, 5.74) is 1.06. The van der Waals surface area contributed by atoms with Gasteiger partial charge >= 0.3 is 0 Å². The lowest BCUT2D eigenvalue weighted by molar-refractivity contribution is 0.236. The van der Waals surface area contributed by atoms with Crippen LogP contribution >= 0.6 is 22.9 Å². The highest BCUT2D eigenvalue weighted by Gasteiger charge is 2.30. The Hall–Kier alpha value is -1.47. The summed E-state index contributed by atoms with van der Waals surface area (Å²) >= 11 is 7.86. The number of methoxy groups -OCH3 is 3. The van der Waals surface area contributed by atoms with E-state index in [0.29, 0.717) is 17.2 Å². The van der Waals surface area contributed by atoms with Gasteiger partial charge in [-0.1, -0.05) is 11.6 Å². The van der Waals surface area contributed by atoms with Crippen LogP contribution in [-0.4, -0.2) is 52.4 Å². The van der Waals surface area contributed by atoms with Crippen molar-refractivity contribution in [1.82, 2.24) is 10.2 Å². The molecule has 0 radical (unpaired) electrons. The first-order chi connectivity index (χ1) is 12.7. The van der Waals surface area contributed by atoms with Crippen LogP contribution in [0, 0.1) is 0 Å². The average Bonchev–Trinajstić information content (AvgIpc) is 2.92. The molecule has 2 aromatic rings. The number of benzene rings is 1. The second-order valence-corrected chi connectivity index (χ2v) is 7.85. The lowest BCUT2D eigenvalue weighted by Crippen LogP contribution is -2.32. The van der Waals surface area contributed by atoms with Crippen molar-refractivity contribution in [2.45, 2.75) is 12.5 Å². The molecule has 3 rings (SSSR count). The summed E-state index contributed by atoms with van der Waals surface area (Å²) in [4.78, 5) is 3.67. The molecule has 5 nitrogen and oxygen atoms in total. The van der Waals surface area contributed by atoms with Gasteiger partial charge in [0.25, 0.3) is 0 Å². The number of nitrogens with zero attached hydrogens (tertiary/aromatic N) is 1. The second kappa shape index (κ2) is 8.95. The molecule has 142 valence electrons. The van der Waals surface area contributed by atoms with Crippen LogP contribution in [0.5, 0.6) is 17.2 Å². The van der Waals surface area contributed by atoms with Crippen molar-refractivity contribution >= 4 is 22.9 Å². The van der Waals surface area contributed by atoms with Gasteiger partial charge in [0, 0.05) is 30.1 Å². The maximum atomic E-state index is 6.25. The van der Waals surface area contributed by atoms with E-state index in [2.05, 4.69) is 22.3 Å². The minimum atomic E-state index is 0.0576. The second-order valence-electron chi connectivity index (χ2n) is 6.11. The number of thiophene rings is 1. The summed E-state index contributed by atoms with van der Waals surface area (Å²) in [5.74, 6) is 1.99. The highest BCUT2D eigenvalue weighted by atomic mass is 35.5. The Balaban J connectivity index is 2.12. The molecular formula is C19H25ClN2O3S. The Kier molecular flexibility index (Phi) is 6.64. The van der Waals surface area contributed by atoms with E-state index in [9.17, 15) is 0 Å². The molecule has 0 saturated carbocycles. The summed E-state index contributed by atoms with van der Waals surface area (Å²) < 4.78 is 17.6. The largest absolute Gasteiger partial charge is 0.493 e. The van der Waals surface area contributed by atoms with Gasteiger partial charge in [0.1, 0.15) is 0 Å². The van der Waals surface area contributed by atoms with Gasteiger partial charge in [0.05, 0.1) is 31.7 Å². The highest BCUT2D eigenvalue weighted by molar-refractivity contribution is 7.16. The van der Waals surface area contributed by atoms with E-state index in [1.54, 1.807) is 32.7 Å². The highest BCUT2D eigenvalue weighted by Crippen LogP contribution is 2.46. The zero-order valence-corrected chi connectivity index (χ0v) is 17.0. The molecule has 0 spiro atoms. The molecule has 1 saturated heterocycles. The van der Waals surface area contributed by atoms with Crippen molar-refractivity contribution in [3.63, 3.8) is 0 Å². The third-order valence-electron chi connectivity index (χ3n) is 4.63. The molecule has 1 unspecified atom stereocenters. The van der Waals surface area contributed by atoms with Gasteiger partial charge in [-0.3, -0.25) is 4.90 Å². The van der Waals surface area contributed by atoms with Crippen LogP contribution in [0.2, 0.25) is 4.34 Å². The number of nitrogens with one attached hydrogen (secondary N) is 1. The van der Waals surface area contributed by atoms with Crippen molar-refractivity contribution in [2.24, 2.45) is 0 Å². The van der Waals surface area contributed by atoms with Crippen molar-refractivity contribution in [3.8, 4) is 17.2 Å². The van der Waals surface area contributed by atoms with Crippen LogP contribution in [0.15, 0.2) is 24.3 Å². The first-order valence-corrected chi connectivity index (χ1v) is 9.88. The fraction of sp³-hybridized carbons (Fsp3) is 0.474. The normalized spacial score (nSPS) is 16.8. The zero-order valence-electron chi connectivity index (χ0n) is 15.4. The van der Waals surface area contributed by atoms with Crippen LogP contribution in [0.3, 0.4) is 0 Å². The number of ether oxygens (including phenoxy) is 3. The Morgan fingerprint density at radius 2 is 1.81 bits per heavy atom. The fourth-order valence-corrected chi connectivity index (χ4v) is 4.68. The molecule has 0 amide bonds. The van der Waals surface area contributed by atoms with Crippen LogP contribution in [0.25, 0.3) is 0 Å². The Labute approximate surface area is 163 Å². The third kappa shape index (κ3) is 3.93. The van der Waals surface area contributed by atoms with Gasteiger partial charge in [-0.2, -0.15) is 0 Å². The van der Waals surface area contributed by atoms with E-state index >= 15 is 0 Å². The summed E-state index contributed by atoms with van der Waals surface area (Å²) in [5, 5.41) is 3.47. The molecule has 0 aliphatic carbocycles. The number of hydrogen-bond donors (Lipinski definition) is 1.